The Morgan fingerprint density at radius 3 is 2.41 bits per heavy atom. The van der Waals surface area contributed by atoms with Gasteiger partial charge in [0.2, 0.25) is 0 Å². The van der Waals surface area contributed by atoms with Gasteiger partial charge in [-0.2, -0.15) is 0 Å². The van der Waals surface area contributed by atoms with Gasteiger partial charge in [0, 0.05) is 22.7 Å². The molecule has 1 aromatic heterocycles. The highest BCUT2D eigenvalue weighted by Gasteiger charge is 2.21. The molecule has 0 bridgehead atoms. The first-order valence-corrected chi connectivity index (χ1v) is 10.8. The lowest BCUT2D eigenvalue weighted by Gasteiger charge is -2.26. The van der Waals surface area contributed by atoms with Crippen molar-refractivity contribution in [2.24, 2.45) is 0 Å². The molecule has 0 radical (unpaired) electrons. The van der Waals surface area contributed by atoms with Gasteiger partial charge in [-0.1, -0.05) is 41.4 Å². The largest absolute Gasteiger partial charge is 0.335 e. The number of hydrogen-bond donors (Lipinski definition) is 0. The Morgan fingerprint density at radius 1 is 1.03 bits per heavy atom. The first kappa shape index (κ1) is 22.1. The van der Waals surface area contributed by atoms with Gasteiger partial charge in [0.1, 0.15) is 5.82 Å². The van der Waals surface area contributed by atoms with Crippen LogP contribution >= 0.6 is 23.2 Å². The van der Waals surface area contributed by atoms with Crippen LogP contribution in [0.5, 0.6) is 0 Å². The summed E-state index contributed by atoms with van der Waals surface area (Å²) in [5.41, 5.74) is 2.49. The van der Waals surface area contributed by atoms with Crippen LogP contribution in [0.15, 0.2) is 71.5 Å². The van der Waals surface area contributed by atoms with E-state index in [9.17, 15) is 9.59 Å². The molecule has 0 fully saturated rings. The van der Waals surface area contributed by atoms with Gasteiger partial charge in [0.15, 0.2) is 0 Å². The first-order chi connectivity index (χ1) is 15.3. The zero-order valence-electron chi connectivity index (χ0n) is 17.8. The Morgan fingerprint density at radius 2 is 1.72 bits per heavy atom. The minimum absolute atomic E-state index is 0.143. The lowest BCUT2D eigenvalue weighted by Crippen LogP contribution is -2.30. The molecule has 32 heavy (non-hydrogen) atoms. The van der Waals surface area contributed by atoms with E-state index in [0.717, 1.165) is 5.56 Å². The van der Waals surface area contributed by atoms with Gasteiger partial charge < -0.3 is 4.90 Å². The van der Waals surface area contributed by atoms with Crippen LogP contribution < -0.4 is 5.56 Å². The van der Waals surface area contributed by atoms with Crippen molar-refractivity contribution in [3.05, 3.63) is 104 Å². The van der Waals surface area contributed by atoms with Gasteiger partial charge in [-0.3, -0.25) is 14.2 Å². The predicted octanol–water partition coefficient (Wildman–Crippen LogP) is 5.83. The van der Waals surface area contributed by atoms with Gasteiger partial charge in [-0.05, 0) is 67.9 Å². The van der Waals surface area contributed by atoms with Crippen molar-refractivity contribution < 1.29 is 4.79 Å². The zero-order valence-corrected chi connectivity index (χ0v) is 19.4. The summed E-state index contributed by atoms with van der Waals surface area (Å²) in [4.78, 5) is 32.2. The molecule has 5 nitrogen and oxygen atoms in total. The quantitative estimate of drug-likeness (QED) is 0.380. The second-order valence-corrected chi connectivity index (χ2v) is 8.47. The molecule has 1 amide bonds. The topological polar surface area (TPSA) is 55.2 Å². The van der Waals surface area contributed by atoms with Gasteiger partial charge in [-0.15, -0.1) is 0 Å². The molecule has 162 valence electrons. The molecule has 0 aliphatic carbocycles. The Kier molecular flexibility index (Phi) is 6.04. The molecule has 4 rings (SSSR count). The molecule has 1 heterocycles. The fourth-order valence-corrected chi connectivity index (χ4v) is 4.30. The number of carbonyl (C=O) groups is 1. The maximum atomic E-state index is 13.1. The number of aryl methyl sites for hydroxylation is 1. The summed E-state index contributed by atoms with van der Waals surface area (Å²) in [7, 11) is 1.73. The van der Waals surface area contributed by atoms with Crippen molar-refractivity contribution in [3.8, 4) is 5.69 Å². The Balaban J connectivity index is 1.63. The van der Waals surface area contributed by atoms with Crippen LogP contribution in [0.25, 0.3) is 16.6 Å². The third-order valence-corrected chi connectivity index (χ3v) is 6.19. The lowest BCUT2D eigenvalue weighted by molar-refractivity contribution is 0.0743. The number of benzene rings is 3. The van der Waals surface area contributed by atoms with Crippen molar-refractivity contribution in [2.75, 3.05) is 7.05 Å². The average molecular weight is 466 g/mol. The normalized spacial score (nSPS) is 12.0. The highest BCUT2D eigenvalue weighted by Crippen LogP contribution is 2.30. The molecule has 1 unspecified atom stereocenters. The number of aromatic nitrogens is 2. The minimum atomic E-state index is -0.249. The first-order valence-electron chi connectivity index (χ1n) is 10.1. The number of halogens is 2. The van der Waals surface area contributed by atoms with E-state index in [1.54, 1.807) is 65.9 Å². The maximum absolute atomic E-state index is 13.1. The Bertz CT molecular complexity index is 1380. The maximum Gasteiger partial charge on any atom is 0.265 e. The van der Waals surface area contributed by atoms with Gasteiger partial charge >= 0.3 is 0 Å². The minimum Gasteiger partial charge on any atom is -0.335 e. The van der Waals surface area contributed by atoms with E-state index in [0.29, 0.717) is 38.0 Å². The average Bonchev–Trinajstić information content (AvgIpc) is 2.78. The summed E-state index contributed by atoms with van der Waals surface area (Å²) in [6.07, 6.45) is 0. The summed E-state index contributed by atoms with van der Waals surface area (Å²) in [5.74, 6) is 0.423. The van der Waals surface area contributed by atoms with Gasteiger partial charge in [-0.25, -0.2) is 4.98 Å². The van der Waals surface area contributed by atoms with E-state index in [4.69, 9.17) is 23.2 Å². The number of rotatable bonds is 4. The summed E-state index contributed by atoms with van der Waals surface area (Å²) >= 11 is 12.3. The zero-order chi connectivity index (χ0) is 23.0. The molecule has 0 spiro atoms. The number of para-hydroxylation sites is 1. The molecule has 0 saturated carbocycles. The number of carbonyl (C=O) groups excluding carboxylic acids is 1. The van der Waals surface area contributed by atoms with Crippen molar-refractivity contribution in [3.63, 3.8) is 0 Å². The molecule has 0 aliphatic heterocycles. The van der Waals surface area contributed by atoms with Crippen molar-refractivity contribution in [1.82, 2.24) is 14.5 Å². The summed E-state index contributed by atoms with van der Waals surface area (Å²) in [6, 6.07) is 19.2. The lowest BCUT2D eigenvalue weighted by atomic mass is 10.1. The highest BCUT2D eigenvalue weighted by atomic mass is 35.5. The number of amides is 1. The number of nitrogens with zero attached hydrogens (tertiary/aromatic N) is 3. The van der Waals surface area contributed by atoms with Crippen molar-refractivity contribution in [2.45, 2.75) is 19.9 Å². The van der Waals surface area contributed by atoms with Crippen LogP contribution in [-0.2, 0) is 0 Å². The van der Waals surface area contributed by atoms with Crippen molar-refractivity contribution >= 4 is 40.0 Å². The fraction of sp³-hybridized carbons (Fsp3) is 0.160. The molecular weight excluding hydrogens is 445 g/mol. The second-order valence-electron chi connectivity index (χ2n) is 7.62. The second kappa shape index (κ2) is 8.77. The summed E-state index contributed by atoms with van der Waals surface area (Å²) in [6.45, 7) is 3.70. The standard InChI is InChI=1S/C25H21Cl2N3O2/c1-15(20-13-10-18(26)14-22(20)27)29(3)24(31)17-8-11-19(12-9-17)30-16(2)28-23-7-5-4-6-21(23)25(30)32/h4-15H,1-3H3. The van der Waals surface area contributed by atoms with Crippen LogP contribution in [-0.4, -0.2) is 27.4 Å². The van der Waals surface area contributed by atoms with Crippen LogP contribution in [0, 0.1) is 6.92 Å². The third kappa shape index (κ3) is 4.01. The van der Waals surface area contributed by atoms with E-state index in [-0.39, 0.29) is 17.5 Å². The van der Waals surface area contributed by atoms with Gasteiger partial charge in [0.05, 0.1) is 22.6 Å². The smallest absolute Gasteiger partial charge is 0.265 e. The Labute approximate surface area is 195 Å². The third-order valence-electron chi connectivity index (χ3n) is 5.63. The van der Waals surface area contributed by atoms with E-state index in [1.807, 2.05) is 31.2 Å². The monoisotopic (exact) mass is 465 g/mol. The predicted molar refractivity (Wildman–Crippen MR) is 129 cm³/mol. The number of hydrogen-bond acceptors (Lipinski definition) is 3. The van der Waals surface area contributed by atoms with Gasteiger partial charge in [0.25, 0.3) is 11.5 Å². The molecule has 1 atom stereocenters. The van der Waals surface area contributed by atoms with E-state index in [2.05, 4.69) is 4.98 Å². The van der Waals surface area contributed by atoms with Crippen LogP contribution in [0.4, 0.5) is 0 Å². The van der Waals surface area contributed by atoms with E-state index >= 15 is 0 Å². The van der Waals surface area contributed by atoms with Crippen LogP contribution in [0.3, 0.4) is 0 Å². The number of fused-ring (bicyclic) bond motifs is 1. The summed E-state index contributed by atoms with van der Waals surface area (Å²) in [5, 5.41) is 1.61. The molecule has 4 aromatic rings. The molecular formula is C25H21Cl2N3O2. The molecule has 0 aliphatic rings. The van der Waals surface area contributed by atoms with Crippen LogP contribution in [0.2, 0.25) is 10.0 Å². The summed E-state index contributed by atoms with van der Waals surface area (Å²) < 4.78 is 1.55. The molecule has 3 aromatic carbocycles. The van der Waals surface area contributed by atoms with Crippen molar-refractivity contribution in [1.29, 1.82) is 0 Å². The highest BCUT2D eigenvalue weighted by molar-refractivity contribution is 6.35. The molecule has 7 heteroatoms. The SMILES string of the molecule is Cc1nc2ccccc2c(=O)n1-c1ccc(C(=O)N(C)C(C)c2ccc(Cl)cc2Cl)cc1. The van der Waals surface area contributed by atoms with E-state index < -0.39 is 0 Å². The fourth-order valence-electron chi connectivity index (χ4n) is 3.73. The Hall–Kier alpha value is -3.15. The van der Waals surface area contributed by atoms with Crippen LogP contribution in [0.1, 0.15) is 34.7 Å². The van der Waals surface area contributed by atoms with E-state index in [1.165, 1.54) is 0 Å². The molecule has 0 saturated heterocycles. The molecule has 0 N–H and O–H groups in total.